The molecule has 0 aliphatic heterocycles. The summed E-state index contributed by atoms with van der Waals surface area (Å²) in [4.78, 5) is 0. The second-order valence-electron chi connectivity index (χ2n) is 4.43. The summed E-state index contributed by atoms with van der Waals surface area (Å²) in [6, 6.07) is 8.41. The number of hydrogen-bond acceptors (Lipinski definition) is 2. The van der Waals surface area contributed by atoms with Crippen molar-refractivity contribution in [3.63, 3.8) is 0 Å². The molecule has 0 spiro atoms. The molecule has 1 unspecified atom stereocenters. The molecular weight excluding hydrogens is 186 g/mol. The minimum atomic E-state index is -0.255. The number of aliphatic hydroxyl groups excluding tert-OH is 1. The van der Waals surface area contributed by atoms with Gasteiger partial charge in [-0.2, -0.15) is 0 Å². The lowest BCUT2D eigenvalue weighted by molar-refractivity contribution is 0.123. The number of aliphatic hydroxyl groups is 1. The van der Waals surface area contributed by atoms with Gasteiger partial charge in [-0.05, 0) is 18.4 Å². The van der Waals surface area contributed by atoms with Crippen molar-refractivity contribution in [3.05, 3.63) is 35.4 Å². The van der Waals surface area contributed by atoms with Gasteiger partial charge in [-0.3, -0.25) is 0 Å². The van der Waals surface area contributed by atoms with Gasteiger partial charge in [0.05, 0.1) is 6.10 Å². The van der Waals surface area contributed by atoms with Crippen LogP contribution >= 0.6 is 0 Å². The number of rotatable bonds is 5. The zero-order valence-electron chi connectivity index (χ0n) is 9.83. The lowest BCUT2D eigenvalue weighted by Crippen LogP contribution is -2.30. The van der Waals surface area contributed by atoms with Crippen LogP contribution in [0.2, 0.25) is 0 Å². The van der Waals surface area contributed by atoms with E-state index in [1.807, 2.05) is 13.8 Å². The van der Waals surface area contributed by atoms with Crippen LogP contribution in [0.25, 0.3) is 0 Å². The van der Waals surface area contributed by atoms with Crippen LogP contribution < -0.4 is 5.32 Å². The molecule has 0 radical (unpaired) electrons. The summed E-state index contributed by atoms with van der Waals surface area (Å²) >= 11 is 0. The Labute approximate surface area is 92.3 Å². The molecule has 15 heavy (non-hydrogen) atoms. The van der Waals surface area contributed by atoms with Crippen LogP contribution in [-0.4, -0.2) is 17.8 Å². The van der Waals surface area contributed by atoms with Gasteiger partial charge in [-0.25, -0.2) is 0 Å². The molecule has 0 fully saturated rings. The van der Waals surface area contributed by atoms with E-state index < -0.39 is 0 Å². The highest BCUT2D eigenvalue weighted by Gasteiger charge is 2.07. The Morgan fingerprint density at radius 3 is 2.67 bits per heavy atom. The first-order valence-corrected chi connectivity index (χ1v) is 5.54. The highest BCUT2D eigenvalue weighted by Crippen LogP contribution is 2.04. The van der Waals surface area contributed by atoms with E-state index in [-0.39, 0.29) is 6.10 Å². The van der Waals surface area contributed by atoms with Gasteiger partial charge in [0, 0.05) is 13.1 Å². The van der Waals surface area contributed by atoms with E-state index in [0.29, 0.717) is 12.5 Å². The Bertz CT molecular complexity index is 296. The molecule has 1 aromatic carbocycles. The Kier molecular flexibility index (Phi) is 4.79. The Balaban J connectivity index is 2.32. The monoisotopic (exact) mass is 207 g/mol. The highest BCUT2D eigenvalue weighted by molar-refractivity contribution is 5.21. The molecule has 0 aromatic heterocycles. The topological polar surface area (TPSA) is 32.3 Å². The van der Waals surface area contributed by atoms with Gasteiger partial charge in [-0.1, -0.05) is 43.7 Å². The van der Waals surface area contributed by atoms with E-state index in [4.69, 9.17) is 0 Å². The van der Waals surface area contributed by atoms with Gasteiger partial charge in [0.25, 0.3) is 0 Å². The number of nitrogens with one attached hydrogen (secondary N) is 1. The zero-order chi connectivity index (χ0) is 11.3. The van der Waals surface area contributed by atoms with Crippen molar-refractivity contribution >= 4 is 0 Å². The van der Waals surface area contributed by atoms with Crippen molar-refractivity contribution in [3.8, 4) is 0 Å². The molecule has 0 bridgehead atoms. The molecule has 0 amide bonds. The molecule has 0 heterocycles. The number of hydrogen-bond donors (Lipinski definition) is 2. The maximum absolute atomic E-state index is 9.60. The predicted octanol–water partition coefficient (Wildman–Crippen LogP) is 2.10. The van der Waals surface area contributed by atoms with Crippen LogP contribution in [0.5, 0.6) is 0 Å². The summed E-state index contributed by atoms with van der Waals surface area (Å²) < 4.78 is 0. The fourth-order valence-corrected chi connectivity index (χ4v) is 1.42. The molecule has 0 saturated carbocycles. The van der Waals surface area contributed by atoms with Crippen molar-refractivity contribution in [2.24, 2.45) is 5.92 Å². The third-order valence-electron chi connectivity index (χ3n) is 2.53. The summed E-state index contributed by atoms with van der Waals surface area (Å²) in [5.74, 6) is 0.315. The largest absolute Gasteiger partial charge is 0.392 e. The fourth-order valence-electron chi connectivity index (χ4n) is 1.42. The number of benzene rings is 1. The smallest absolute Gasteiger partial charge is 0.0687 e. The van der Waals surface area contributed by atoms with Gasteiger partial charge < -0.3 is 10.4 Å². The van der Waals surface area contributed by atoms with Crippen LogP contribution in [-0.2, 0) is 6.54 Å². The molecule has 1 rings (SSSR count). The highest BCUT2D eigenvalue weighted by atomic mass is 16.3. The third kappa shape index (κ3) is 4.45. The van der Waals surface area contributed by atoms with E-state index >= 15 is 0 Å². The standard InChI is InChI=1S/C13H21NO/c1-10(2)13(15)9-14-8-12-6-4-5-11(3)7-12/h4-7,10,13-15H,8-9H2,1-3H3. The molecule has 2 heteroatoms. The molecule has 1 aromatic rings. The van der Waals surface area contributed by atoms with Crippen LogP contribution in [0.1, 0.15) is 25.0 Å². The summed E-state index contributed by atoms with van der Waals surface area (Å²) in [6.45, 7) is 7.63. The van der Waals surface area contributed by atoms with Crippen LogP contribution in [0.4, 0.5) is 0 Å². The van der Waals surface area contributed by atoms with Crippen LogP contribution in [0, 0.1) is 12.8 Å². The van der Waals surface area contributed by atoms with Crippen molar-refractivity contribution in [2.75, 3.05) is 6.54 Å². The van der Waals surface area contributed by atoms with Crippen LogP contribution in [0.15, 0.2) is 24.3 Å². The summed E-state index contributed by atoms with van der Waals surface area (Å²) in [5.41, 5.74) is 2.55. The predicted molar refractivity (Wildman–Crippen MR) is 63.7 cm³/mol. The van der Waals surface area contributed by atoms with Crippen molar-refractivity contribution in [1.82, 2.24) is 5.32 Å². The van der Waals surface area contributed by atoms with E-state index in [1.54, 1.807) is 0 Å². The summed E-state index contributed by atoms with van der Waals surface area (Å²) in [5, 5.41) is 12.9. The Morgan fingerprint density at radius 2 is 2.07 bits per heavy atom. The second-order valence-corrected chi connectivity index (χ2v) is 4.43. The van der Waals surface area contributed by atoms with E-state index in [2.05, 4.69) is 36.5 Å². The Morgan fingerprint density at radius 1 is 1.33 bits per heavy atom. The molecule has 1 atom stereocenters. The maximum Gasteiger partial charge on any atom is 0.0687 e. The third-order valence-corrected chi connectivity index (χ3v) is 2.53. The summed E-state index contributed by atoms with van der Waals surface area (Å²) in [7, 11) is 0. The van der Waals surface area contributed by atoms with Crippen LogP contribution in [0.3, 0.4) is 0 Å². The van der Waals surface area contributed by atoms with Gasteiger partial charge in [-0.15, -0.1) is 0 Å². The van der Waals surface area contributed by atoms with Crippen molar-refractivity contribution in [1.29, 1.82) is 0 Å². The van der Waals surface area contributed by atoms with E-state index in [9.17, 15) is 5.11 Å². The lowest BCUT2D eigenvalue weighted by Gasteiger charge is -2.15. The first-order valence-electron chi connectivity index (χ1n) is 5.54. The van der Waals surface area contributed by atoms with Gasteiger partial charge >= 0.3 is 0 Å². The fraction of sp³-hybridized carbons (Fsp3) is 0.538. The Hall–Kier alpha value is -0.860. The van der Waals surface area contributed by atoms with Gasteiger partial charge in [0.1, 0.15) is 0 Å². The molecule has 2 N–H and O–H groups in total. The quantitative estimate of drug-likeness (QED) is 0.775. The lowest BCUT2D eigenvalue weighted by atomic mass is 10.1. The molecular formula is C13H21NO. The number of aryl methyl sites for hydroxylation is 1. The first kappa shape index (κ1) is 12.2. The average molecular weight is 207 g/mol. The van der Waals surface area contributed by atoms with Gasteiger partial charge in [0.15, 0.2) is 0 Å². The minimum Gasteiger partial charge on any atom is -0.392 e. The summed E-state index contributed by atoms with van der Waals surface area (Å²) in [6.07, 6.45) is -0.255. The van der Waals surface area contributed by atoms with Crippen molar-refractivity contribution < 1.29 is 5.11 Å². The average Bonchev–Trinajstić information content (AvgIpc) is 2.17. The molecule has 0 aliphatic carbocycles. The second kappa shape index (κ2) is 5.89. The first-order chi connectivity index (χ1) is 7.09. The van der Waals surface area contributed by atoms with E-state index in [0.717, 1.165) is 6.54 Å². The molecule has 0 aliphatic rings. The molecule has 0 saturated heterocycles. The van der Waals surface area contributed by atoms with Crippen molar-refractivity contribution in [2.45, 2.75) is 33.4 Å². The SMILES string of the molecule is Cc1cccc(CNCC(O)C(C)C)c1. The normalized spacial score (nSPS) is 13.1. The zero-order valence-corrected chi connectivity index (χ0v) is 9.83. The molecule has 2 nitrogen and oxygen atoms in total. The molecule has 84 valence electrons. The minimum absolute atomic E-state index is 0.255. The van der Waals surface area contributed by atoms with Gasteiger partial charge in [0.2, 0.25) is 0 Å². The maximum atomic E-state index is 9.60. The van der Waals surface area contributed by atoms with E-state index in [1.165, 1.54) is 11.1 Å².